The van der Waals surface area contributed by atoms with Gasteiger partial charge >= 0.3 is 0 Å². The highest BCUT2D eigenvalue weighted by Gasteiger charge is 2.22. The first-order valence-electron chi connectivity index (χ1n) is 10.1. The average Bonchev–Trinajstić information content (AvgIpc) is 3.56. The van der Waals surface area contributed by atoms with E-state index in [1.807, 2.05) is 59.4 Å². The van der Waals surface area contributed by atoms with Gasteiger partial charge in [0.25, 0.3) is 11.5 Å². The van der Waals surface area contributed by atoms with Crippen LogP contribution in [0.3, 0.4) is 0 Å². The molecule has 0 unspecified atom stereocenters. The van der Waals surface area contributed by atoms with Gasteiger partial charge in [-0.25, -0.2) is 4.98 Å². The first-order chi connectivity index (χ1) is 15.7. The third-order valence-corrected chi connectivity index (χ3v) is 7.77. The fourth-order valence-electron chi connectivity index (χ4n) is 3.51. The Labute approximate surface area is 196 Å². The van der Waals surface area contributed by atoms with Crippen molar-refractivity contribution in [2.45, 2.75) is 19.5 Å². The van der Waals surface area contributed by atoms with Gasteiger partial charge in [0, 0.05) is 33.4 Å². The molecule has 0 aliphatic rings. The molecule has 0 aliphatic carbocycles. The van der Waals surface area contributed by atoms with Gasteiger partial charge in [-0.3, -0.25) is 14.0 Å². The summed E-state index contributed by atoms with van der Waals surface area (Å²) < 4.78 is 1.50. The van der Waals surface area contributed by atoms with Crippen LogP contribution in [0.1, 0.15) is 30.6 Å². The highest BCUT2D eigenvalue weighted by atomic mass is 32.1. The molecule has 4 heterocycles. The van der Waals surface area contributed by atoms with Crippen LogP contribution in [0.15, 0.2) is 82.5 Å². The minimum Gasteiger partial charge on any atom is -0.328 e. The zero-order chi connectivity index (χ0) is 21.9. The van der Waals surface area contributed by atoms with E-state index in [0.29, 0.717) is 18.1 Å². The van der Waals surface area contributed by atoms with Crippen molar-refractivity contribution in [2.24, 2.45) is 0 Å². The van der Waals surface area contributed by atoms with Crippen LogP contribution in [0, 0.1) is 0 Å². The van der Waals surface area contributed by atoms with E-state index in [-0.39, 0.29) is 17.0 Å². The minimum atomic E-state index is -0.321. The van der Waals surface area contributed by atoms with Crippen molar-refractivity contribution < 1.29 is 4.79 Å². The Morgan fingerprint density at radius 2 is 1.59 bits per heavy atom. The molecule has 8 heteroatoms. The molecule has 0 N–H and O–H groups in total. The summed E-state index contributed by atoms with van der Waals surface area (Å²) >= 11 is 4.67. The Hall–Kier alpha value is -3.07. The molecule has 0 atom stereocenters. The highest BCUT2D eigenvalue weighted by Crippen LogP contribution is 2.21. The molecule has 1 amide bonds. The van der Waals surface area contributed by atoms with Gasteiger partial charge in [-0.15, -0.1) is 34.0 Å². The Balaban J connectivity index is 1.46. The molecule has 0 aliphatic heterocycles. The summed E-state index contributed by atoms with van der Waals surface area (Å²) in [5.74, 6) is -0.297. The van der Waals surface area contributed by atoms with Crippen LogP contribution in [0.25, 0.3) is 4.96 Å². The smallest absolute Gasteiger partial charge is 0.271 e. The van der Waals surface area contributed by atoms with Crippen molar-refractivity contribution in [3.05, 3.63) is 114 Å². The molecule has 32 heavy (non-hydrogen) atoms. The van der Waals surface area contributed by atoms with Crippen molar-refractivity contribution >= 4 is 44.9 Å². The molecule has 0 radical (unpaired) electrons. The minimum absolute atomic E-state index is 0.0969. The summed E-state index contributed by atoms with van der Waals surface area (Å²) in [5, 5.41) is 3.98. The van der Waals surface area contributed by atoms with Crippen molar-refractivity contribution in [3.8, 4) is 0 Å². The second-order valence-corrected chi connectivity index (χ2v) is 10.5. The summed E-state index contributed by atoms with van der Waals surface area (Å²) in [6.07, 6.45) is 3.96. The predicted molar refractivity (Wildman–Crippen MR) is 131 cm³/mol. The quantitative estimate of drug-likeness (QED) is 0.319. The number of thiophene rings is 2. The Morgan fingerprint density at radius 1 is 0.906 bits per heavy atom. The van der Waals surface area contributed by atoms with E-state index in [1.165, 1.54) is 27.5 Å². The lowest BCUT2D eigenvalue weighted by Gasteiger charge is -2.21. The molecule has 4 aromatic heterocycles. The van der Waals surface area contributed by atoms with Gasteiger partial charge in [0.05, 0.1) is 13.1 Å². The van der Waals surface area contributed by atoms with E-state index in [4.69, 9.17) is 0 Å². The van der Waals surface area contributed by atoms with Crippen molar-refractivity contribution in [2.75, 3.05) is 0 Å². The number of nitrogens with zero attached hydrogens (tertiary/aromatic N) is 3. The molecule has 0 saturated carbocycles. The number of fused-ring (bicyclic) bond motifs is 1. The molecule has 0 spiro atoms. The molecule has 0 fully saturated rings. The number of carbonyl (C=O) groups is 1. The second kappa shape index (κ2) is 9.20. The van der Waals surface area contributed by atoms with Crippen LogP contribution >= 0.6 is 34.0 Å². The molecule has 5 nitrogen and oxygen atoms in total. The van der Waals surface area contributed by atoms with Gasteiger partial charge in [-0.2, -0.15) is 0 Å². The van der Waals surface area contributed by atoms with Gasteiger partial charge < -0.3 is 4.90 Å². The normalized spacial score (nSPS) is 11.1. The van der Waals surface area contributed by atoms with E-state index >= 15 is 0 Å². The number of aromatic nitrogens is 2. The number of rotatable bonds is 7. The largest absolute Gasteiger partial charge is 0.328 e. The molecule has 1 aromatic carbocycles. The number of amides is 1. The first kappa shape index (κ1) is 20.8. The summed E-state index contributed by atoms with van der Waals surface area (Å²) in [4.78, 5) is 36.6. The van der Waals surface area contributed by atoms with E-state index in [1.54, 1.807) is 27.6 Å². The third-order valence-electron chi connectivity index (χ3n) is 5.05. The monoisotopic (exact) mass is 477 g/mol. The lowest BCUT2D eigenvalue weighted by molar-refractivity contribution is 0.0731. The summed E-state index contributed by atoms with van der Waals surface area (Å²) in [6, 6.07) is 18.0. The van der Waals surface area contributed by atoms with Crippen LogP contribution < -0.4 is 5.56 Å². The van der Waals surface area contributed by atoms with Crippen LogP contribution in [0.5, 0.6) is 0 Å². The molecular formula is C24H19N3O2S3. The fraction of sp³-hybridized carbons (Fsp3) is 0.125. The van der Waals surface area contributed by atoms with Crippen LogP contribution in [-0.2, 0) is 19.5 Å². The van der Waals surface area contributed by atoms with Gasteiger partial charge in [-0.1, -0.05) is 42.5 Å². The maximum Gasteiger partial charge on any atom is 0.271 e. The Morgan fingerprint density at radius 3 is 2.22 bits per heavy atom. The molecular weight excluding hydrogens is 458 g/mol. The Kier molecular flexibility index (Phi) is 5.98. The highest BCUT2D eigenvalue weighted by molar-refractivity contribution is 7.17. The topological polar surface area (TPSA) is 54.7 Å². The number of thiazole rings is 1. The lowest BCUT2D eigenvalue weighted by Crippen LogP contribution is -2.34. The number of hydrogen-bond donors (Lipinski definition) is 0. The van der Waals surface area contributed by atoms with E-state index in [2.05, 4.69) is 17.1 Å². The number of benzene rings is 1. The SMILES string of the molecule is O=C(c1cnc2sc(Cc3ccccc3)cn2c1=O)N(Cc1cccs1)Cc1cccs1. The molecule has 160 valence electrons. The van der Waals surface area contributed by atoms with Gasteiger partial charge in [0.2, 0.25) is 0 Å². The van der Waals surface area contributed by atoms with Gasteiger partial charge in [0.15, 0.2) is 4.96 Å². The summed E-state index contributed by atoms with van der Waals surface area (Å²) in [7, 11) is 0. The molecule has 5 rings (SSSR count). The average molecular weight is 478 g/mol. The van der Waals surface area contributed by atoms with Gasteiger partial charge in [-0.05, 0) is 28.5 Å². The lowest BCUT2D eigenvalue weighted by atomic mass is 10.1. The second-order valence-electron chi connectivity index (χ2n) is 7.31. The summed E-state index contributed by atoms with van der Waals surface area (Å²) in [6.45, 7) is 0.916. The molecule has 0 saturated heterocycles. The van der Waals surface area contributed by atoms with Crippen molar-refractivity contribution in [1.82, 2.24) is 14.3 Å². The van der Waals surface area contributed by atoms with E-state index in [9.17, 15) is 9.59 Å². The standard InChI is InChI=1S/C24H19N3O2S3/c28-22(26(14-18-8-4-10-30-18)15-19-9-5-11-31-19)21-13-25-24-27(23(21)29)16-20(32-24)12-17-6-2-1-3-7-17/h1-11,13,16H,12,14-15H2. The maximum atomic E-state index is 13.4. The predicted octanol–water partition coefficient (Wildman–Crippen LogP) is 5.31. The summed E-state index contributed by atoms with van der Waals surface area (Å²) in [5.41, 5.74) is 0.944. The third kappa shape index (κ3) is 4.43. The van der Waals surface area contributed by atoms with Crippen molar-refractivity contribution in [3.63, 3.8) is 0 Å². The van der Waals surface area contributed by atoms with Gasteiger partial charge in [0.1, 0.15) is 5.56 Å². The molecule has 0 bridgehead atoms. The molecule has 5 aromatic rings. The fourth-order valence-corrected chi connectivity index (χ4v) is 5.92. The number of hydrogen-bond acceptors (Lipinski definition) is 6. The maximum absolute atomic E-state index is 13.4. The van der Waals surface area contributed by atoms with E-state index in [0.717, 1.165) is 21.1 Å². The van der Waals surface area contributed by atoms with Crippen LogP contribution in [-0.4, -0.2) is 20.2 Å². The first-order valence-corrected chi connectivity index (χ1v) is 12.6. The Bertz CT molecular complexity index is 1350. The van der Waals surface area contributed by atoms with Crippen LogP contribution in [0.4, 0.5) is 0 Å². The zero-order valence-corrected chi connectivity index (χ0v) is 19.5. The van der Waals surface area contributed by atoms with Crippen molar-refractivity contribution in [1.29, 1.82) is 0 Å². The van der Waals surface area contributed by atoms with Crippen LogP contribution in [0.2, 0.25) is 0 Å². The number of carbonyl (C=O) groups excluding carboxylic acids is 1. The van der Waals surface area contributed by atoms with E-state index < -0.39 is 0 Å². The zero-order valence-electron chi connectivity index (χ0n) is 17.0.